The number of hydrogen-bond donors (Lipinski definition) is 0. The molecule has 0 unspecified atom stereocenters. The van der Waals surface area contributed by atoms with Crippen molar-refractivity contribution >= 4 is 51.9 Å². The summed E-state index contributed by atoms with van der Waals surface area (Å²) in [5.41, 5.74) is 19.4. The van der Waals surface area contributed by atoms with Gasteiger partial charge in [0.05, 0.1) is 10.9 Å². The number of benzene rings is 10. The van der Waals surface area contributed by atoms with Crippen LogP contribution in [0.3, 0.4) is 0 Å². The number of rotatable bonds is 6. The molecule has 0 radical (unpaired) electrons. The van der Waals surface area contributed by atoms with E-state index in [9.17, 15) is 0 Å². The summed E-state index contributed by atoms with van der Waals surface area (Å²) in [4.78, 5) is 4.80. The van der Waals surface area contributed by atoms with Crippen molar-refractivity contribution in [3.05, 3.63) is 265 Å². The summed E-state index contributed by atoms with van der Waals surface area (Å²) in [6.45, 7) is -0.194. The molecular formula is C61H40BNS. The molecule has 298 valence electrons. The van der Waals surface area contributed by atoms with E-state index < -0.39 is 5.41 Å². The fourth-order valence-electron chi connectivity index (χ4n) is 10.8. The zero-order chi connectivity index (χ0) is 45.7. The van der Waals surface area contributed by atoms with Gasteiger partial charge in [-0.3, -0.25) is 0 Å². The molecular weight excluding hydrogens is 790 g/mol. The Morgan fingerprint density at radius 1 is 0.391 bits per heavy atom. The summed E-state index contributed by atoms with van der Waals surface area (Å²) in [7, 11) is 0. The van der Waals surface area contributed by atoms with Crippen LogP contribution >= 0.6 is 11.8 Å². The van der Waals surface area contributed by atoms with Gasteiger partial charge < -0.3 is 4.90 Å². The van der Waals surface area contributed by atoms with Crippen molar-refractivity contribution in [2.24, 2.45) is 0 Å². The number of anilines is 3. The van der Waals surface area contributed by atoms with Gasteiger partial charge in [-0.2, -0.15) is 0 Å². The molecule has 0 aromatic heterocycles. The first-order valence-electron chi connectivity index (χ1n) is 23.8. The smallest absolute Gasteiger partial charge is 0.249 e. The summed E-state index contributed by atoms with van der Waals surface area (Å²) >= 11 is 1.82. The van der Waals surface area contributed by atoms with Crippen molar-refractivity contribution in [3.8, 4) is 44.5 Å². The molecule has 0 atom stereocenters. The molecule has 3 heteroatoms. The summed E-state index contributed by atoms with van der Waals surface area (Å²) < 4.78 is 34.2. The molecule has 2 heterocycles. The van der Waals surface area contributed by atoms with E-state index in [0.29, 0.717) is 24.2 Å². The van der Waals surface area contributed by atoms with Crippen molar-refractivity contribution < 1.29 is 5.48 Å². The summed E-state index contributed by atoms with van der Waals surface area (Å²) in [6.07, 6.45) is 0. The summed E-state index contributed by atoms with van der Waals surface area (Å²) in [5.74, 6) is 0. The molecule has 13 rings (SSSR count). The van der Waals surface area contributed by atoms with Gasteiger partial charge in [-0.1, -0.05) is 223 Å². The SMILES string of the molecule is [2H]c1cc([2H])cc(-c2ccc3c(c2)B2c4cc(-c5cc([2H])cc([2H])c5)ccc4N(c4ccc(-c5ccccc5)cc4)c4cc(C5(c6ccccc6)c6ccccc6-c6ccccc65)cc(c42)S3)c1. The van der Waals surface area contributed by atoms with E-state index in [1.165, 1.54) is 43.7 Å². The van der Waals surface area contributed by atoms with Crippen molar-refractivity contribution in [3.63, 3.8) is 0 Å². The predicted molar refractivity (Wildman–Crippen MR) is 270 cm³/mol. The van der Waals surface area contributed by atoms with E-state index in [1.54, 1.807) is 12.1 Å². The molecule has 0 saturated heterocycles. The van der Waals surface area contributed by atoms with Crippen molar-refractivity contribution in [1.29, 1.82) is 0 Å². The van der Waals surface area contributed by atoms with Gasteiger partial charge in [0.2, 0.25) is 6.71 Å². The lowest BCUT2D eigenvalue weighted by Gasteiger charge is -2.42. The third-order valence-corrected chi connectivity index (χ3v) is 14.7. The van der Waals surface area contributed by atoms with Crippen molar-refractivity contribution in [1.82, 2.24) is 0 Å². The van der Waals surface area contributed by atoms with Crippen molar-refractivity contribution in [2.45, 2.75) is 15.2 Å². The number of nitrogens with zero attached hydrogens (tertiary/aromatic N) is 1. The minimum absolute atomic E-state index is 0.194. The van der Waals surface area contributed by atoms with Gasteiger partial charge in [-0.25, -0.2) is 0 Å². The number of fused-ring (bicyclic) bond motifs is 7. The first kappa shape index (κ1) is 33.0. The maximum absolute atomic E-state index is 8.58. The van der Waals surface area contributed by atoms with E-state index in [-0.39, 0.29) is 6.71 Å². The third-order valence-electron chi connectivity index (χ3n) is 13.6. The van der Waals surface area contributed by atoms with Crippen LogP contribution in [0.2, 0.25) is 0 Å². The molecule has 0 amide bonds. The number of hydrogen-bond acceptors (Lipinski definition) is 2. The van der Waals surface area contributed by atoms with Gasteiger partial charge in [0.15, 0.2) is 0 Å². The van der Waals surface area contributed by atoms with Crippen LogP contribution in [-0.2, 0) is 5.41 Å². The largest absolute Gasteiger partial charge is 0.311 e. The highest BCUT2D eigenvalue weighted by Crippen LogP contribution is 2.57. The van der Waals surface area contributed by atoms with Crippen LogP contribution in [0.1, 0.15) is 27.7 Å². The quantitative estimate of drug-likeness (QED) is 0.154. The molecule has 3 aliphatic rings. The van der Waals surface area contributed by atoms with Gasteiger partial charge in [0.1, 0.15) is 0 Å². The first-order chi connectivity index (χ1) is 33.3. The van der Waals surface area contributed by atoms with Crippen LogP contribution in [0.4, 0.5) is 17.1 Å². The second-order valence-electron chi connectivity index (χ2n) is 16.9. The van der Waals surface area contributed by atoms with Crippen molar-refractivity contribution in [2.75, 3.05) is 4.90 Å². The zero-order valence-electron chi connectivity index (χ0n) is 38.7. The molecule has 0 saturated carbocycles. The average Bonchev–Trinajstić information content (AvgIpc) is 3.67. The third kappa shape index (κ3) is 5.61. The minimum Gasteiger partial charge on any atom is -0.311 e. The molecule has 1 nitrogen and oxygen atoms in total. The van der Waals surface area contributed by atoms with E-state index in [1.807, 2.05) is 36.0 Å². The topological polar surface area (TPSA) is 3.24 Å². The van der Waals surface area contributed by atoms with E-state index >= 15 is 0 Å². The molecule has 0 spiro atoms. The maximum atomic E-state index is 8.58. The summed E-state index contributed by atoms with van der Waals surface area (Å²) in [5, 5.41) is 0. The lowest BCUT2D eigenvalue weighted by Crippen LogP contribution is -2.60. The molecule has 1 aliphatic carbocycles. The van der Waals surface area contributed by atoms with E-state index in [2.05, 4.69) is 187 Å². The Morgan fingerprint density at radius 2 is 0.922 bits per heavy atom. The molecule has 0 bridgehead atoms. The van der Waals surface area contributed by atoms with Gasteiger partial charge in [0, 0.05) is 26.9 Å². The predicted octanol–water partition coefficient (Wildman–Crippen LogP) is 13.8. The molecule has 64 heavy (non-hydrogen) atoms. The Labute approximate surface area is 385 Å². The van der Waals surface area contributed by atoms with E-state index in [4.69, 9.17) is 5.48 Å². The molecule has 0 fully saturated rings. The lowest BCUT2D eigenvalue weighted by atomic mass is 9.34. The van der Waals surface area contributed by atoms with Crippen LogP contribution < -0.4 is 21.3 Å². The van der Waals surface area contributed by atoms with Gasteiger partial charge in [-0.15, -0.1) is 0 Å². The Balaban J connectivity index is 1.12. The van der Waals surface area contributed by atoms with Crippen LogP contribution in [0.25, 0.3) is 44.5 Å². The zero-order valence-corrected chi connectivity index (χ0v) is 35.5. The van der Waals surface area contributed by atoms with Gasteiger partial charge in [-0.05, 0) is 114 Å². The van der Waals surface area contributed by atoms with Crippen LogP contribution in [-0.4, -0.2) is 6.71 Å². The highest BCUT2D eigenvalue weighted by atomic mass is 32.2. The highest BCUT2D eigenvalue weighted by molar-refractivity contribution is 8.00. The lowest BCUT2D eigenvalue weighted by molar-refractivity contribution is 0.766. The minimum atomic E-state index is -0.627. The Kier molecular flexibility index (Phi) is 7.62. The summed E-state index contributed by atoms with van der Waals surface area (Å²) in [6, 6.07) is 78.4. The van der Waals surface area contributed by atoms with E-state index in [0.717, 1.165) is 66.3 Å². The fourth-order valence-corrected chi connectivity index (χ4v) is 12.0. The first-order valence-corrected chi connectivity index (χ1v) is 22.7. The second kappa shape index (κ2) is 14.8. The molecule has 10 aromatic carbocycles. The maximum Gasteiger partial charge on any atom is 0.249 e. The molecule has 0 N–H and O–H groups in total. The molecule has 10 aromatic rings. The fraction of sp³-hybridized carbons (Fsp3) is 0.0164. The Morgan fingerprint density at radius 3 is 1.58 bits per heavy atom. The average molecular weight is 834 g/mol. The molecule has 2 aliphatic heterocycles. The van der Waals surface area contributed by atoms with Crippen LogP contribution in [0, 0.1) is 0 Å². The highest BCUT2D eigenvalue weighted by Gasteiger charge is 2.48. The normalized spacial score (nSPS) is 14.5. The Hall–Kier alpha value is -7.59. The van der Waals surface area contributed by atoms with Gasteiger partial charge in [0.25, 0.3) is 0 Å². The van der Waals surface area contributed by atoms with Crippen LogP contribution in [0.15, 0.2) is 252 Å². The van der Waals surface area contributed by atoms with Gasteiger partial charge >= 0.3 is 0 Å². The standard InChI is InChI=1S/C61H40BNS/c1-5-17-41(18-6-1)44-29-33-49(34-30-44)63-56-35-31-45(42-19-7-2-8-20-42)37-54(56)62-55-38-46(43-21-9-3-10-22-43)32-36-58(55)64-59-40-48(39-57(63)60(59)62)61(47-23-11-4-12-24-47)52-27-15-13-25-50(52)51-26-14-16-28-53(51)61/h1-40H/i7D,8D,9D,10D. The Bertz CT molecular complexity index is 3580. The second-order valence-corrected chi connectivity index (χ2v) is 18.0. The monoisotopic (exact) mass is 833 g/mol. The van der Waals surface area contributed by atoms with Crippen LogP contribution in [0.5, 0.6) is 0 Å².